The first-order valence-electron chi connectivity index (χ1n) is 4.03. The Balaban J connectivity index is 2.53. The van der Waals surface area contributed by atoms with Gasteiger partial charge in [-0.3, -0.25) is 4.79 Å². The van der Waals surface area contributed by atoms with Crippen molar-refractivity contribution in [3.63, 3.8) is 0 Å². The Morgan fingerprint density at radius 1 is 1.67 bits per heavy atom. The predicted octanol–water partition coefficient (Wildman–Crippen LogP) is 0.915. The minimum atomic E-state index is 0.157. The summed E-state index contributed by atoms with van der Waals surface area (Å²) >= 11 is 2.34. The molecular weight excluding hydrogens is 269 g/mol. The van der Waals surface area contributed by atoms with Crippen LogP contribution in [0.4, 0.5) is 0 Å². The first kappa shape index (κ1) is 10.2. The van der Waals surface area contributed by atoms with E-state index in [1.165, 1.54) is 0 Å². The van der Waals surface area contributed by atoms with E-state index in [1.807, 2.05) is 4.90 Å². The number of hydrogen-bond donors (Lipinski definition) is 0. The first-order valence-corrected chi connectivity index (χ1v) is 5.56. The Labute approximate surface area is 86.6 Å². The summed E-state index contributed by atoms with van der Waals surface area (Å²) in [6.07, 6.45) is 0.241. The van der Waals surface area contributed by atoms with Crippen LogP contribution in [0.3, 0.4) is 0 Å². The fourth-order valence-electron chi connectivity index (χ4n) is 1.51. The standard InChI is InChI=1S/C8H14INO2/c1-6(11)10-4-7(3-9)8(5-10)12-2/h7-8H,3-5H2,1-2H3. The first-order chi connectivity index (χ1) is 5.69. The van der Waals surface area contributed by atoms with Gasteiger partial charge in [-0.1, -0.05) is 22.6 Å². The number of rotatable bonds is 2. The number of nitrogens with zero attached hydrogens (tertiary/aromatic N) is 1. The number of carbonyl (C=O) groups excluding carboxylic acids is 1. The molecule has 1 rings (SSSR count). The zero-order valence-corrected chi connectivity index (χ0v) is 9.58. The molecule has 0 aromatic rings. The number of carbonyl (C=O) groups is 1. The van der Waals surface area contributed by atoms with Crippen LogP contribution in [0.2, 0.25) is 0 Å². The van der Waals surface area contributed by atoms with Crippen molar-refractivity contribution in [1.82, 2.24) is 4.90 Å². The minimum absolute atomic E-state index is 0.157. The van der Waals surface area contributed by atoms with E-state index < -0.39 is 0 Å². The van der Waals surface area contributed by atoms with Crippen LogP contribution >= 0.6 is 22.6 Å². The summed E-state index contributed by atoms with van der Waals surface area (Å²) in [5.41, 5.74) is 0. The summed E-state index contributed by atoms with van der Waals surface area (Å²) in [4.78, 5) is 12.9. The number of likely N-dealkylation sites (tertiary alicyclic amines) is 1. The molecule has 0 aromatic heterocycles. The number of hydrogen-bond acceptors (Lipinski definition) is 2. The lowest BCUT2D eigenvalue weighted by Crippen LogP contribution is -2.27. The molecule has 0 bridgehead atoms. The van der Waals surface area contributed by atoms with E-state index in [-0.39, 0.29) is 12.0 Å². The van der Waals surface area contributed by atoms with E-state index in [4.69, 9.17) is 4.74 Å². The van der Waals surface area contributed by atoms with Gasteiger partial charge in [0.2, 0.25) is 5.91 Å². The van der Waals surface area contributed by atoms with Gasteiger partial charge in [-0.05, 0) is 0 Å². The highest BCUT2D eigenvalue weighted by Crippen LogP contribution is 2.21. The van der Waals surface area contributed by atoms with Crippen molar-refractivity contribution in [3.05, 3.63) is 0 Å². The maximum absolute atomic E-state index is 11.0. The van der Waals surface area contributed by atoms with Gasteiger partial charge in [0.05, 0.1) is 6.10 Å². The molecule has 2 unspecified atom stereocenters. The monoisotopic (exact) mass is 283 g/mol. The normalized spacial score (nSPS) is 29.4. The molecule has 0 spiro atoms. The van der Waals surface area contributed by atoms with Gasteiger partial charge in [0.1, 0.15) is 0 Å². The molecule has 2 atom stereocenters. The van der Waals surface area contributed by atoms with Crippen LogP contribution in [0.1, 0.15) is 6.92 Å². The van der Waals surface area contributed by atoms with E-state index in [1.54, 1.807) is 14.0 Å². The molecule has 1 aliphatic rings. The second-order valence-corrected chi connectivity index (χ2v) is 3.99. The maximum atomic E-state index is 11.0. The molecule has 0 radical (unpaired) electrons. The Bertz CT molecular complexity index is 162. The Morgan fingerprint density at radius 2 is 2.33 bits per heavy atom. The highest BCUT2D eigenvalue weighted by atomic mass is 127. The van der Waals surface area contributed by atoms with Crippen molar-refractivity contribution in [2.75, 3.05) is 24.6 Å². The molecule has 0 aliphatic carbocycles. The Hall–Kier alpha value is 0.160. The molecule has 0 N–H and O–H groups in total. The number of halogens is 1. The van der Waals surface area contributed by atoms with Gasteiger partial charge in [-0.15, -0.1) is 0 Å². The second-order valence-electron chi connectivity index (χ2n) is 3.11. The van der Waals surface area contributed by atoms with Crippen molar-refractivity contribution in [2.45, 2.75) is 13.0 Å². The third-order valence-electron chi connectivity index (χ3n) is 2.33. The second kappa shape index (κ2) is 4.41. The maximum Gasteiger partial charge on any atom is 0.219 e. The summed E-state index contributed by atoms with van der Waals surface area (Å²) in [6.45, 7) is 3.23. The lowest BCUT2D eigenvalue weighted by atomic mass is 10.1. The van der Waals surface area contributed by atoms with Crippen LogP contribution in [0.5, 0.6) is 0 Å². The molecule has 70 valence electrons. The van der Waals surface area contributed by atoms with E-state index in [0.29, 0.717) is 5.92 Å². The van der Waals surface area contributed by atoms with Gasteiger partial charge in [0.25, 0.3) is 0 Å². The van der Waals surface area contributed by atoms with Crippen LogP contribution in [0, 0.1) is 5.92 Å². The zero-order chi connectivity index (χ0) is 9.14. The van der Waals surface area contributed by atoms with Crippen molar-refractivity contribution < 1.29 is 9.53 Å². The topological polar surface area (TPSA) is 29.5 Å². The van der Waals surface area contributed by atoms with Gasteiger partial charge in [-0.2, -0.15) is 0 Å². The van der Waals surface area contributed by atoms with Crippen molar-refractivity contribution in [3.8, 4) is 0 Å². The van der Waals surface area contributed by atoms with Crippen molar-refractivity contribution >= 4 is 28.5 Å². The van der Waals surface area contributed by atoms with Gasteiger partial charge in [0.15, 0.2) is 0 Å². The summed E-state index contributed by atoms with van der Waals surface area (Å²) < 4.78 is 6.35. The summed E-state index contributed by atoms with van der Waals surface area (Å²) in [6, 6.07) is 0. The van der Waals surface area contributed by atoms with Gasteiger partial charge >= 0.3 is 0 Å². The molecule has 3 nitrogen and oxygen atoms in total. The van der Waals surface area contributed by atoms with E-state index >= 15 is 0 Å². The van der Waals surface area contributed by atoms with Crippen LogP contribution in [-0.4, -0.2) is 41.5 Å². The molecule has 1 saturated heterocycles. The van der Waals surface area contributed by atoms with Crippen LogP contribution in [0.25, 0.3) is 0 Å². The van der Waals surface area contributed by atoms with Crippen LogP contribution in [0.15, 0.2) is 0 Å². The summed E-state index contributed by atoms with van der Waals surface area (Å²) in [5, 5.41) is 0. The largest absolute Gasteiger partial charge is 0.379 e. The third-order valence-corrected chi connectivity index (χ3v) is 3.46. The number of methoxy groups -OCH3 is 1. The average molecular weight is 283 g/mol. The minimum Gasteiger partial charge on any atom is -0.379 e. The van der Waals surface area contributed by atoms with Gasteiger partial charge in [0, 0.05) is 37.5 Å². The van der Waals surface area contributed by atoms with E-state index in [9.17, 15) is 4.79 Å². The molecule has 4 heteroatoms. The van der Waals surface area contributed by atoms with Crippen LogP contribution in [-0.2, 0) is 9.53 Å². The Morgan fingerprint density at radius 3 is 2.67 bits per heavy atom. The highest BCUT2D eigenvalue weighted by Gasteiger charge is 2.32. The van der Waals surface area contributed by atoms with Crippen molar-refractivity contribution in [2.24, 2.45) is 5.92 Å². The van der Waals surface area contributed by atoms with Gasteiger partial charge in [-0.25, -0.2) is 0 Å². The summed E-state index contributed by atoms with van der Waals surface area (Å²) in [7, 11) is 1.72. The van der Waals surface area contributed by atoms with Crippen molar-refractivity contribution in [1.29, 1.82) is 0 Å². The lowest BCUT2D eigenvalue weighted by molar-refractivity contribution is -0.128. The third kappa shape index (κ3) is 2.10. The van der Waals surface area contributed by atoms with Gasteiger partial charge < -0.3 is 9.64 Å². The molecule has 1 amide bonds. The molecule has 1 heterocycles. The number of alkyl halides is 1. The van der Waals surface area contributed by atoms with E-state index in [2.05, 4.69) is 22.6 Å². The predicted molar refractivity (Wildman–Crippen MR) is 55.4 cm³/mol. The molecule has 1 aliphatic heterocycles. The smallest absolute Gasteiger partial charge is 0.219 e. The fraction of sp³-hybridized carbons (Fsp3) is 0.875. The Kier molecular flexibility index (Phi) is 3.77. The molecule has 0 aromatic carbocycles. The van der Waals surface area contributed by atoms with E-state index in [0.717, 1.165) is 17.5 Å². The number of amides is 1. The molecule has 0 saturated carbocycles. The SMILES string of the molecule is COC1CN(C(C)=O)CC1CI. The quantitative estimate of drug-likeness (QED) is 0.557. The average Bonchev–Trinajstić information content (AvgIpc) is 2.46. The number of ether oxygens (including phenoxy) is 1. The fourth-order valence-corrected chi connectivity index (χ4v) is 2.36. The zero-order valence-electron chi connectivity index (χ0n) is 7.42. The molecule has 12 heavy (non-hydrogen) atoms. The highest BCUT2D eigenvalue weighted by molar-refractivity contribution is 14.1. The van der Waals surface area contributed by atoms with Crippen LogP contribution < -0.4 is 0 Å². The molecule has 1 fully saturated rings. The lowest BCUT2D eigenvalue weighted by Gasteiger charge is -2.12. The molecular formula is C8H14INO2. The summed E-state index contributed by atoms with van der Waals surface area (Å²) in [5.74, 6) is 0.670.